The molecule has 0 unspecified atom stereocenters. The van der Waals surface area contributed by atoms with Crippen molar-refractivity contribution < 1.29 is 18.0 Å². The van der Waals surface area contributed by atoms with Crippen LogP contribution in [0.1, 0.15) is 21.5 Å². The molecule has 0 radical (unpaired) electrons. The molecule has 6 nitrogen and oxygen atoms in total. The highest BCUT2D eigenvalue weighted by Gasteiger charge is 2.30. The number of rotatable bonds is 4. The van der Waals surface area contributed by atoms with Crippen molar-refractivity contribution in [1.82, 2.24) is 20.2 Å². The fourth-order valence-electron chi connectivity index (χ4n) is 2.22. The normalized spacial score (nSPS) is 11.5. The van der Waals surface area contributed by atoms with Gasteiger partial charge in [-0.3, -0.25) is 4.79 Å². The number of hydrogen-bond donors (Lipinski definition) is 1. The second-order valence-electron chi connectivity index (χ2n) is 5.28. The maximum Gasteiger partial charge on any atom is 0.416 e. The predicted octanol–water partition coefficient (Wildman–Crippen LogP) is 2.51. The summed E-state index contributed by atoms with van der Waals surface area (Å²) in [5, 5.41) is 11.9. The zero-order valence-corrected chi connectivity index (χ0v) is 12.7. The number of nitrogens with two attached hydrogens (primary N) is 1. The second kappa shape index (κ2) is 6.34. The number of halogens is 3. The van der Waals surface area contributed by atoms with E-state index >= 15 is 0 Å². The molecule has 0 bridgehead atoms. The summed E-state index contributed by atoms with van der Waals surface area (Å²) in [5.74, 6) is -0.254. The van der Waals surface area contributed by atoms with E-state index in [9.17, 15) is 18.0 Å². The molecule has 1 amide bonds. The Labute approximate surface area is 140 Å². The number of amides is 1. The number of aromatic nitrogens is 4. The van der Waals surface area contributed by atoms with Crippen molar-refractivity contribution >= 4 is 5.91 Å². The van der Waals surface area contributed by atoms with Crippen LogP contribution >= 0.6 is 0 Å². The molecule has 25 heavy (non-hydrogen) atoms. The molecule has 3 rings (SSSR count). The number of primary amides is 1. The van der Waals surface area contributed by atoms with E-state index in [0.29, 0.717) is 22.5 Å². The van der Waals surface area contributed by atoms with Crippen LogP contribution in [0.5, 0.6) is 0 Å². The van der Waals surface area contributed by atoms with Crippen molar-refractivity contribution in [3.63, 3.8) is 0 Å². The van der Waals surface area contributed by atoms with Gasteiger partial charge in [0.05, 0.1) is 12.1 Å². The molecule has 3 aromatic rings. The highest BCUT2D eigenvalue weighted by atomic mass is 19.4. The van der Waals surface area contributed by atoms with Crippen molar-refractivity contribution in [2.75, 3.05) is 0 Å². The minimum atomic E-state index is -4.40. The van der Waals surface area contributed by atoms with E-state index in [0.717, 1.165) is 12.1 Å². The first kappa shape index (κ1) is 16.6. The molecule has 0 saturated carbocycles. The maximum atomic E-state index is 12.7. The van der Waals surface area contributed by atoms with E-state index in [1.54, 1.807) is 18.2 Å². The topological polar surface area (TPSA) is 86.7 Å². The molecular weight excluding hydrogens is 335 g/mol. The summed E-state index contributed by atoms with van der Waals surface area (Å²) < 4.78 is 38.2. The summed E-state index contributed by atoms with van der Waals surface area (Å²) in [4.78, 5) is 12.2. The number of carbonyl (C=O) groups is 1. The molecule has 2 aromatic carbocycles. The summed E-state index contributed by atoms with van der Waals surface area (Å²) >= 11 is 0. The fourth-order valence-corrected chi connectivity index (χ4v) is 2.22. The van der Waals surface area contributed by atoms with Gasteiger partial charge >= 0.3 is 6.18 Å². The molecule has 0 spiro atoms. The number of benzene rings is 2. The van der Waals surface area contributed by atoms with Gasteiger partial charge in [0.1, 0.15) is 0 Å². The number of alkyl halides is 3. The molecule has 2 N–H and O–H groups in total. The second-order valence-corrected chi connectivity index (χ2v) is 5.28. The van der Waals surface area contributed by atoms with E-state index in [2.05, 4.69) is 15.4 Å². The van der Waals surface area contributed by atoms with Gasteiger partial charge in [0.25, 0.3) is 0 Å². The van der Waals surface area contributed by atoms with Gasteiger partial charge in [0, 0.05) is 11.1 Å². The first-order chi connectivity index (χ1) is 11.8. The van der Waals surface area contributed by atoms with Gasteiger partial charge in [-0.15, -0.1) is 10.2 Å². The number of tetrazole rings is 1. The van der Waals surface area contributed by atoms with Crippen LogP contribution in [-0.2, 0) is 12.7 Å². The molecule has 128 valence electrons. The van der Waals surface area contributed by atoms with Gasteiger partial charge < -0.3 is 5.73 Å². The Morgan fingerprint density at radius 2 is 1.84 bits per heavy atom. The predicted molar refractivity (Wildman–Crippen MR) is 82.3 cm³/mol. The highest BCUT2D eigenvalue weighted by Crippen LogP contribution is 2.29. The highest BCUT2D eigenvalue weighted by molar-refractivity contribution is 5.93. The molecule has 1 heterocycles. The third kappa shape index (κ3) is 3.82. The quantitative estimate of drug-likeness (QED) is 0.786. The van der Waals surface area contributed by atoms with E-state index in [1.807, 2.05) is 0 Å². The van der Waals surface area contributed by atoms with Gasteiger partial charge in [-0.2, -0.15) is 18.0 Å². The number of nitrogens with zero attached hydrogens (tertiary/aromatic N) is 4. The average Bonchev–Trinajstić information content (AvgIpc) is 3.03. The Morgan fingerprint density at radius 1 is 1.12 bits per heavy atom. The van der Waals surface area contributed by atoms with Crippen molar-refractivity contribution in [2.24, 2.45) is 5.73 Å². The molecule has 0 atom stereocenters. The lowest BCUT2D eigenvalue weighted by atomic mass is 10.1. The third-order valence-electron chi connectivity index (χ3n) is 3.46. The molecule has 9 heteroatoms. The largest absolute Gasteiger partial charge is 0.416 e. The lowest BCUT2D eigenvalue weighted by Crippen LogP contribution is -2.10. The maximum absolute atomic E-state index is 12.7. The summed E-state index contributed by atoms with van der Waals surface area (Å²) in [6.07, 6.45) is -4.40. The molecule has 0 fully saturated rings. The van der Waals surface area contributed by atoms with Crippen LogP contribution in [0.25, 0.3) is 11.4 Å². The van der Waals surface area contributed by atoms with E-state index in [1.165, 1.54) is 23.0 Å². The van der Waals surface area contributed by atoms with Crippen LogP contribution in [0.3, 0.4) is 0 Å². The molecule has 0 saturated heterocycles. The fraction of sp³-hybridized carbons (Fsp3) is 0.125. The van der Waals surface area contributed by atoms with Crippen LogP contribution in [0.4, 0.5) is 13.2 Å². The van der Waals surface area contributed by atoms with Crippen LogP contribution in [-0.4, -0.2) is 26.1 Å². The van der Waals surface area contributed by atoms with Crippen molar-refractivity contribution in [1.29, 1.82) is 0 Å². The summed E-state index contributed by atoms with van der Waals surface area (Å²) in [7, 11) is 0. The standard InChI is InChI=1S/C16H12F3N5O/c17-16(18,19)13-3-1-2-10(8-13)9-24-22-15(21-23-24)12-6-4-11(5-7-12)14(20)25/h1-8H,9H2,(H2,20,25). The summed E-state index contributed by atoms with van der Waals surface area (Å²) in [6, 6.07) is 11.2. The molecule has 1 aromatic heterocycles. The zero-order chi connectivity index (χ0) is 18.0. The van der Waals surface area contributed by atoms with Gasteiger partial charge in [-0.25, -0.2) is 0 Å². The lowest BCUT2D eigenvalue weighted by Gasteiger charge is -2.08. The van der Waals surface area contributed by atoms with Crippen molar-refractivity contribution in [3.8, 4) is 11.4 Å². The molecule has 0 aliphatic rings. The SMILES string of the molecule is NC(=O)c1ccc(-c2nnn(Cc3cccc(C(F)(F)F)c3)n2)cc1. The Hall–Kier alpha value is -3.23. The van der Waals surface area contributed by atoms with Crippen molar-refractivity contribution in [3.05, 3.63) is 65.2 Å². The molecule has 0 aliphatic heterocycles. The first-order valence-electron chi connectivity index (χ1n) is 7.17. The molecule has 0 aliphatic carbocycles. The van der Waals surface area contributed by atoms with Crippen LogP contribution in [0.15, 0.2) is 48.5 Å². The monoisotopic (exact) mass is 347 g/mol. The Bertz CT molecular complexity index is 903. The lowest BCUT2D eigenvalue weighted by molar-refractivity contribution is -0.137. The van der Waals surface area contributed by atoms with Crippen molar-refractivity contribution in [2.45, 2.75) is 12.7 Å². The third-order valence-corrected chi connectivity index (χ3v) is 3.46. The summed E-state index contributed by atoms with van der Waals surface area (Å²) in [6.45, 7) is 0.0519. The average molecular weight is 347 g/mol. The number of hydrogen-bond acceptors (Lipinski definition) is 4. The Kier molecular flexibility index (Phi) is 4.22. The Balaban J connectivity index is 1.79. The number of carbonyl (C=O) groups excluding carboxylic acids is 1. The van der Waals surface area contributed by atoms with E-state index < -0.39 is 17.6 Å². The zero-order valence-electron chi connectivity index (χ0n) is 12.7. The summed E-state index contributed by atoms with van der Waals surface area (Å²) in [5.41, 5.74) is 5.80. The van der Waals surface area contributed by atoms with Crippen LogP contribution in [0, 0.1) is 0 Å². The van der Waals surface area contributed by atoms with Gasteiger partial charge in [-0.1, -0.05) is 24.3 Å². The van der Waals surface area contributed by atoms with Crippen LogP contribution < -0.4 is 5.73 Å². The van der Waals surface area contributed by atoms with Gasteiger partial charge in [0.2, 0.25) is 11.7 Å². The minimum Gasteiger partial charge on any atom is -0.366 e. The van der Waals surface area contributed by atoms with Gasteiger partial charge in [0.15, 0.2) is 0 Å². The van der Waals surface area contributed by atoms with E-state index in [-0.39, 0.29) is 6.54 Å². The first-order valence-corrected chi connectivity index (χ1v) is 7.17. The van der Waals surface area contributed by atoms with Crippen LogP contribution in [0.2, 0.25) is 0 Å². The Morgan fingerprint density at radius 3 is 2.48 bits per heavy atom. The smallest absolute Gasteiger partial charge is 0.366 e. The minimum absolute atomic E-state index is 0.0519. The van der Waals surface area contributed by atoms with E-state index in [4.69, 9.17) is 5.73 Å². The molecular formula is C16H12F3N5O. The van der Waals surface area contributed by atoms with Gasteiger partial charge in [-0.05, 0) is 35.0 Å².